The van der Waals surface area contributed by atoms with Crippen LogP contribution in [0.2, 0.25) is 18.6 Å². The molecule has 8 rings (SSSR count). The summed E-state index contributed by atoms with van der Waals surface area (Å²) < 4.78 is 9.48. The number of aliphatic hydroxyl groups is 1. The molecule has 1 amide bonds. The van der Waals surface area contributed by atoms with Crippen molar-refractivity contribution in [1.29, 1.82) is 0 Å². The highest BCUT2D eigenvalue weighted by molar-refractivity contribution is 6.71. The average molecular weight is 700 g/mol. The maximum atomic E-state index is 14.9. The Morgan fingerprint density at radius 2 is 1.37 bits per heavy atom. The van der Waals surface area contributed by atoms with Crippen LogP contribution in [0.5, 0.6) is 0 Å². The number of amides is 1. The lowest BCUT2D eigenvalue weighted by Crippen LogP contribution is -2.46. The first-order valence-electron chi connectivity index (χ1n) is 17.0. The molecule has 4 heterocycles. The number of hydrogen-bond acceptors (Lipinski definition) is 8. The van der Waals surface area contributed by atoms with Crippen LogP contribution in [0, 0.1) is 5.92 Å². The first-order valence-corrected chi connectivity index (χ1v) is 20.1. The largest absolute Gasteiger partial charge is 0.432 e. The van der Waals surface area contributed by atoms with Gasteiger partial charge >= 0.3 is 0 Å². The second-order valence-electron chi connectivity index (χ2n) is 14.0. The van der Waals surface area contributed by atoms with Gasteiger partial charge in [0, 0.05) is 34.4 Å². The van der Waals surface area contributed by atoms with Crippen molar-refractivity contribution in [2.45, 2.75) is 50.2 Å². The zero-order valence-electron chi connectivity index (χ0n) is 28.4. The number of aliphatic hydroxyl groups excluding tert-OH is 1. The highest BCUT2D eigenvalue weighted by Crippen LogP contribution is 2.60. The molecular weight excluding hydrogens is 663 g/mol. The van der Waals surface area contributed by atoms with Crippen molar-refractivity contribution in [3.8, 4) is 11.4 Å². The molecule has 0 aliphatic carbocycles. The maximum Gasteiger partial charge on any atom is 0.279 e. The van der Waals surface area contributed by atoms with Crippen LogP contribution in [-0.2, 0) is 21.7 Å². The monoisotopic (exact) mass is 699 g/mol. The molecular formula is C39H37N5O6Si. The van der Waals surface area contributed by atoms with Gasteiger partial charge < -0.3 is 19.5 Å². The molecule has 0 bridgehead atoms. The van der Waals surface area contributed by atoms with Gasteiger partial charge in [-0.1, -0.05) is 55.5 Å². The summed E-state index contributed by atoms with van der Waals surface area (Å²) in [5.74, 6) is -0.720. The molecule has 2 N–H and O–H groups in total. The van der Waals surface area contributed by atoms with Crippen molar-refractivity contribution < 1.29 is 19.4 Å². The van der Waals surface area contributed by atoms with Gasteiger partial charge in [-0.2, -0.15) is 19.6 Å². The van der Waals surface area contributed by atoms with E-state index in [-0.39, 0.29) is 42.1 Å². The van der Waals surface area contributed by atoms with Gasteiger partial charge in [0.05, 0.1) is 52.9 Å². The molecule has 12 heteroatoms. The van der Waals surface area contributed by atoms with E-state index in [9.17, 15) is 24.3 Å². The predicted octanol–water partition coefficient (Wildman–Crippen LogP) is 4.81. The Labute approximate surface area is 294 Å². The molecule has 2 aromatic heterocycles. The summed E-state index contributed by atoms with van der Waals surface area (Å²) in [5.41, 5.74) is 0.773. The Morgan fingerprint density at radius 3 is 1.96 bits per heavy atom. The minimum Gasteiger partial charge on any atom is -0.432 e. The van der Waals surface area contributed by atoms with Crippen LogP contribution in [0.25, 0.3) is 32.9 Å². The fraction of sp³-hybridized carbons (Fsp3) is 0.256. The number of carbonyl (C=O) groups excluding carboxylic acids is 1. The first kappa shape index (κ1) is 32.9. The van der Waals surface area contributed by atoms with Gasteiger partial charge in [-0.3, -0.25) is 14.4 Å². The average Bonchev–Trinajstić information content (AvgIpc) is 3.55. The standard InChI is InChI=1S/C39H37N5O6Si/c1-24-35(51(2,3)49)34(18-19-45)50-39(24)32-20-29(44-37(47)31-11-7-5-9-27(31)22-41-44)16-17-33(32)42(38(39)48)23-25-12-14-28(15-13-25)43-36(46)30-10-6-4-8-26(30)21-40-43/h4-17,20-22,24,34-35,45,49H,18-19,23H2,1-3H3/t24-,34+,35-,39+/m0/s1. The normalized spacial score (nSPS) is 21.6. The summed E-state index contributed by atoms with van der Waals surface area (Å²) in [6.07, 6.45) is 3.03. The summed E-state index contributed by atoms with van der Waals surface area (Å²) in [5, 5.41) is 21.4. The van der Waals surface area contributed by atoms with Crippen LogP contribution in [0.15, 0.2) is 113 Å². The number of hydrogen-bond donors (Lipinski definition) is 2. The Morgan fingerprint density at radius 1 is 0.804 bits per heavy atom. The zero-order valence-corrected chi connectivity index (χ0v) is 29.4. The Bertz CT molecular complexity index is 2460. The predicted molar refractivity (Wildman–Crippen MR) is 197 cm³/mol. The molecule has 51 heavy (non-hydrogen) atoms. The number of nitrogens with zero attached hydrogens (tertiary/aromatic N) is 5. The third-order valence-corrected chi connectivity index (χ3v) is 13.0. The number of fused-ring (bicyclic) bond motifs is 4. The molecule has 258 valence electrons. The van der Waals surface area contributed by atoms with Gasteiger partial charge in [-0.15, -0.1) is 0 Å². The van der Waals surface area contributed by atoms with Crippen LogP contribution in [-0.4, -0.2) is 56.4 Å². The quantitative estimate of drug-likeness (QED) is 0.227. The van der Waals surface area contributed by atoms with Crippen molar-refractivity contribution >= 4 is 41.5 Å². The fourth-order valence-corrected chi connectivity index (χ4v) is 10.8. The lowest BCUT2D eigenvalue weighted by atomic mass is 9.82. The molecule has 4 aromatic carbocycles. The lowest BCUT2D eigenvalue weighted by Gasteiger charge is -2.32. The topological polar surface area (TPSA) is 140 Å². The van der Waals surface area contributed by atoms with Gasteiger partial charge in [-0.05, 0) is 67.5 Å². The molecule has 4 atom stereocenters. The zero-order chi connectivity index (χ0) is 35.7. The van der Waals surface area contributed by atoms with Crippen LogP contribution < -0.4 is 16.0 Å². The van der Waals surface area contributed by atoms with E-state index in [0.29, 0.717) is 33.4 Å². The molecule has 1 spiro atoms. The van der Waals surface area contributed by atoms with Gasteiger partial charge in [0.2, 0.25) is 0 Å². The molecule has 6 aromatic rings. The molecule has 1 saturated heterocycles. The maximum absolute atomic E-state index is 14.9. The van der Waals surface area contributed by atoms with E-state index in [1.807, 2.05) is 74.6 Å². The van der Waals surface area contributed by atoms with Crippen molar-refractivity contribution in [3.05, 3.63) is 135 Å². The lowest BCUT2D eigenvalue weighted by molar-refractivity contribution is -0.146. The van der Waals surface area contributed by atoms with Gasteiger partial charge in [-0.25, -0.2) is 0 Å². The van der Waals surface area contributed by atoms with E-state index in [1.54, 1.807) is 53.7 Å². The van der Waals surface area contributed by atoms with Crippen molar-refractivity contribution in [2.75, 3.05) is 11.5 Å². The second-order valence-corrected chi connectivity index (χ2v) is 18.0. The van der Waals surface area contributed by atoms with E-state index in [4.69, 9.17) is 4.74 Å². The summed E-state index contributed by atoms with van der Waals surface area (Å²) in [6.45, 7) is 5.66. The molecule has 2 aliphatic rings. The third-order valence-electron chi connectivity index (χ3n) is 10.5. The number of ether oxygens (including phenoxy) is 1. The molecule has 0 saturated carbocycles. The number of carbonyl (C=O) groups is 1. The number of aromatic nitrogens is 4. The summed E-state index contributed by atoms with van der Waals surface area (Å²) in [6, 6.07) is 27.3. The van der Waals surface area contributed by atoms with Gasteiger partial charge in [0.25, 0.3) is 17.0 Å². The van der Waals surface area contributed by atoms with Crippen molar-refractivity contribution in [2.24, 2.45) is 5.92 Å². The minimum atomic E-state index is -2.91. The van der Waals surface area contributed by atoms with E-state index in [2.05, 4.69) is 10.2 Å². The number of rotatable bonds is 7. The van der Waals surface area contributed by atoms with Crippen LogP contribution in [0.4, 0.5) is 5.69 Å². The Hall–Kier alpha value is -5.27. The van der Waals surface area contributed by atoms with E-state index in [0.717, 1.165) is 16.3 Å². The number of anilines is 1. The summed E-state index contributed by atoms with van der Waals surface area (Å²) in [4.78, 5) is 54.9. The van der Waals surface area contributed by atoms with Crippen molar-refractivity contribution in [3.63, 3.8) is 0 Å². The first-order chi connectivity index (χ1) is 24.5. The van der Waals surface area contributed by atoms with E-state index in [1.165, 1.54) is 9.36 Å². The number of benzene rings is 4. The Balaban J connectivity index is 1.22. The summed E-state index contributed by atoms with van der Waals surface area (Å²) in [7, 11) is -2.91. The highest BCUT2D eigenvalue weighted by Gasteiger charge is 2.66. The van der Waals surface area contributed by atoms with Crippen LogP contribution in [0.3, 0.4) is 0 Å². The van der Waals surface area contributed by atoms with Crippen LogP contribution in [0.1, 0.15) is 24.5 Å². The van der Waals surface area contributed by atoms with Crippen molar-refractivity contribution in [1.82, 2.24) is 19.6 Å². The molecule has 0 radical (unpaired) electrons. The summed E-state index contributed by atoms with van der Waals surface area (Å²) >= 11 is 0. The minimum absolute atomic E-state index is 0.156. The Kier molecular flexibility index (Phi) is 7.87. The highest BCUT2D eigenvalue weighted by atomic mass is 28.4. The molecule has 11 nitrogen and oxygen atoms in total. The molecule has 0 unspecified atom stereocenters. The molecule has 2 aliphatic heterocycles. The van der Waals surface area contributed by atoms with E-state index < -0.39 is 25.9 Å². The fourth-order valence-electron chi connectivity index (χ4n) is 8.23. The molecule has 1 fully saturated rings. The van der Waals surface area contributed by atoms with Crippen LogP contribution >= 0.6 is 0 Å². The second kappa shape index (κ2) is 12.2. The van der Waals surface area contributed by atoms with Gasteiger partial charge in [0.15, 0.2) is 13.9 Å². The smallest absolute Gasteiger partial charge is 0.279 e. The third kappa shape index (κ3) is 5.17. The van der Waals surface area contributed by atoms with Gasteiger partial charge in [0.1, 0.15) is 0 Å². The van der Waals surface area contributed by atoms with E-state index >= 15 is 0 Å². The SMILES string of the molecule is C[C@H]1[C@H]([Si](C)(C)O)[C@@H](CCO)O[C@]12C(=O)N(Cc1ccc(-n3ncc4ccccc4c3=O)cc1)c1ccc(-n3ncc4ccccc4c3=O)cc12.